The van der Waals surface area contributed by atoms with Crippen molar-refractivity contribution >= 4 is 17.5 Å². The van der Waals surface area contributed by atoms with Crippen LogP contribution in [0.4, 0.5) is 5.69 Å². The maximum absolute atomic E-state index is 11.7. The molecule has 0 spiro atoms. The summed E-state index contributed by atoms with van der Waals surface area (Å²) in [6.07, 6.45) is 1.31. The first-order valence-corrected chi connectivity index (χ1v) is 5.33. The molecule has 1 N–H and O–H groups in total. The number of anilines is 1. The Hall–Kier alpha value is -1.84. The van der Waals surface area contributed by atoms with Gasteiger partial charge in [-0.3, -0.25) is 15.0 Å². The molecule has 2 rings (SSSR count). The predicted molar refractivity (Wildman–Crippen MR) is 60.8 cm³/mol. The van der Waals surface area contributed by atoms with Crippen molar-refractivity contribution in [3.05, 3.63) is 29.3 Å². The normalized spacial score (nSPS) is 13.9. The van der Waals surface area contributed by atoms with E-state index in [0.29, 0.717) is 6.42 Å². The Morgan fingerprint density at radius 2 is 2.25 bits per heavy atom. The summed E-state index contributed by atoms with van der Waals surface area (Å²) >= 11 is 0. The van der Waals surface area contributed by atoms with E-state index >= 15 is 0 Å². The van der Waals surface area contributed by atoms with Crippen LogP contribution in [0.3, 0.4) is 0 Å². The Labute approximate surface area is 94.2 Å². The van der Waals surface area contributed by atoms with E-state index in [4.69, 9.17) is 0 Å². The van der Waals surface area contributed by atoms with Crippen LogP contribution in [0.1, 0.15) is 25.0 Å². The number of hydrazine groups is 1. The fraction of sp³-hybridized carbons (Fsp3) is 0.333. The first kappa shape index (κ1) is 10.7. The predicted octanol–water partition coefficient (Wildman–Crippen LogP) is 1.19. The zero-order valence-electron chi connectivity index (χ0n) is 9.41. The van der Waals surface area contributed by atoms with Gasteiger partial charge in [0.2, 0.25) is 11.8 Å². The summed E-state index contributed by atoms with van der Waals surface area (Å²) in [7, 11) is 0. The first-order valence-electron chi connectivity index (χ1n) is 5.33. The molecule has 1 aliphatic rings. The molecule has 0 saturated heterocycles. The van der Waals surface area contributed by atoms with Crippen LogP contribution in [0, 0.1) is 0 Å². The topological polar surface area (TPSA) is 49.4 Å². The first-order chi connectivity index (χ1) is 7.61. The van der Waals surface area contributed by atoms with Crippen molar-refractivity contribution < 1.29 is 9.59 Å². The number of fused-ring (bicyclic) bond motifs is 1. The molecular formula is C12H14N2O2. The lowest BCUT2D eigenvalue weighted by Crippen LogP contribution is -2.43. The van der Waals surface area contributed by atoms with Crippen molar-refractivity contribution in [2.24, 2.45) is 0 Å². The van der Waals surface area contributed by atoms with Crippen LogP contribution in [0.25, 0.3) is 0 Å². The second kappa shape index (κ2) is 3.96. The maximum Gasteiger partial charge on any atom is 0.250 e. The van der Waals surface area contributed by atoms with E-state index in [-0.39, 0.29) is 11.8 Å². The van der Waals surface area contributed by atoms with Crippen LogP contribution in [0.15, 0.2) is 18.2 Å². The Kier molecular flexibility index (Phi) is 2.64. The largest absolute Gasteiger partial charge is 0.274 e. The molecule has 4 heteroatoms. The molecule has 0 unspecified atom stereocenters. The van der Waals surface area contributed by atoms with E-state index in [1.54, 1.807) is 0 Å². The standard InChI is InChI=1S/C12H14N2O2/c1-3-9-4-5-11-10(6-9)7-12(16)14(11)13-8(2)15/h4-6H,3,7H2,1-2H3,(H,13,15). The van der Waals surface area contributed by atoms with Crippen molar-refractivity contribution in [3.63, 3.8) is 0 Å². The Morgan fingerprint density at radius 1 is 1.50 bits per heavy atom. The summed E-state index contributed by atoms with van der Waals surface area (Å²) in [6.45, 7) is 3.47. The van der Waals surface area contributed by atoms with Crippen molar-refractivity contribution in [2.45, 2.75) is 26.7 Å². The molecule has 0 saturated carbocycles. The van der Waals surface area contributed by atoms with Gasteiger partial charge >= 0.3 is 0 Å². The Morgan fingerprint density at radius 3 is 2.88 bits per heavy atom. The molecule has 0 atom stereocenters. The number of amides is 2. The minimum atomic E-state index is -0.235. The highest BCUT2D eigenvalue weighted by molar-refractivity contribution is 6.02. The lowest BCUT2D eigenvalue weighted by Gasteiger charge is -2.17. The van der Waals surface area contributed by atoms with Crippen LogP contribution in [0.5, 0.6) is 0 Å². The van der Waals surface area contributed by atoms with E-state index < -0.39 is 0 Å². The lowest BCUT2D eigenvalue weighted by molar-refractivity contribution is -0.124. The molecule has 1 aromatic rings. The third kappa shape index (κ3) is 1.78. The summed E-state index contributed by atoms with van der Waals surface area (Å²) in [5.41, 5.74) is 5.51. The fourth-order valence-corrected chi connectivity index (χ4v) is 1.87. The second-order valence-corrected chi connectivity index (χ2v) is 3.89. The molecule has 0 radical (unpaired) electrons. The van der Waals surface area contributed by atoms with Gasteiger partial charge in [-0.2, -0.15) is 0 Å². The van der Waals surface area contributed by atoms with Crippen molar-refractivity contribution in [1.82, 2.24) is 5.43 Å². The van der Waals surface area contributed by atoms with E-state index in [1.807, 2.05) is 18.2 Å². The van der Waals surface area contributed by atoms with Gasteiger partial charge in [-0.05, 0) is 23.6 Å². The highest BCUT2D eigenvalue weighted by atomic mass is 16.2. The summed E-state index contributed by atoms with van der Waals surface area (Å²) in [4.78, 5) is 22.7. The molecule has 0 fully saturated rings. The van der Waals surface area contributed by atoms with Crippen LogP contribution < -0.4 is 10.4 Å². The quantitative estimate of drug-likeness (QED) is 0.810. The van der Waals surface area contributed by atoms with Crippen LogP contribution in [-0.4, -0.2) is 11.8 Å². The number of nitrogens with zero attached hydrogens (tertiary/aromatic N) is 1. The summed E-state index contributed by atoms with van der Waals surface area (Å²) in [6, 6.07) is 5.89. The van der Waals surface area contributed by atoms with Crippen molar-refractivity contribution in [2.75, 3.05) is 5.01 Å². The molecule has 1 heterocycles. The summed E-state index contributed by atoms with van der Waals surface area (Å²) in [5.74, 6) is -0.320. The molecule has 0 bridgehead atoms. The van der Waals surface area contributed by atoms with Gasteiger partial charge in [0.1, 0.15) is 0 Å². The Balaban J connectivity index is 2.34. The number of hydrogen-bond acceptors (Lipinski definition) is 2. The van der Waals surface area contributed by atoms with Gasteiger partial charge in [-0.1, -0.05) is 19.1 Å². The molecule has 1 aromatic carbocycles. The zero-order chi connectivity index (χ0) is 11.7. The van der Waals surface area contributed by atoms with Gasteiger partial charge in [-0.15, -0.1) is 0 Å². The Bertz CT molecular complexity index is 454. The maximum atomic E-state index is 11.7. The molecule has 2 amide bonds. The molecule has 0 aromatic heterocycles. The summed E-state index contributed by atoms with van der Waals surface area (Å²) in [5, 5.41) is 1.33. The smallest absolute Gasteiger partial charge is 0.250 e. The van der Waals surface area contributed by atoms with Gasteiger partial charge < -0.3 is 0 Å². The van der Waals surface area contributed by atoms with Gasteiger partial charge in [0.25, 0.3) is 0 Å². The van der Waals surface area contributed by atoms with Gasteiger partial charge in [0.05, 0.1) is 12.1 Å². The highest BCUT2D eigenvalue weighted by Crippen LogP contribution is 2.28. The SMILES string of the molecule is CCc1ccc2c(c1)CC(=O)N2NC(C)=O. The lowest BCUT2D eigenvalue weighted by atomic mass is 10.1. The molecule has 0 aliphatic carbocycles. The highest BCUT2D eigenvalue weighted by Gasteiger charge is 2.27. The van der Waals surface area contributed by atoms with Gasteiger partial charge in [-0.25, -0.2) is 5.01 Å². The van der Waals surface area contributed by atoms with E-state index in [0.717, 1.165) is 17.7 Å². The number of carbonyl (C=O) groups is 2. The van der Waals surface area contributed by atoms with Crippen LogP contribution in [-0.2, 0) is 22.4 Å². The second-order valence-electron chi connectivity index (χ2n) is 3.89. The van der Waals surface area contributed by atoms with Crippen molar-refractivity contribution in [3.8, 4) is 0 Å². The third-order valence-electron chi connectivity index (χ3n) is 2.65. The number of nitrogens with one attached hydrogen (secondary N) is 1. The van der Waals surface area contributed by atoms with E-state index in [2.05, 4.69) is 12.3 Å². The molecule has 84 valence electrons. The number of hydrogen-bond donors (Lipinski definition) is 1. The molecule has 1 aliphatic heterocycles. The third-order valence-corrected chi connectivity index (χ3v) is 2.65. The summed E-state index contributed by atoms with van der Waals surface area (Å²) < 4.78 is 0. The fourth-order valence-electron chi connectivity index (χ4n) is 1.87. The zero-order valence-corrected chi connectivity index (χ0v) is 9.41. The minimum Gasteiger partial charge on any atom is -0.274 e. The average Bonchev–Trinajstić information content (AvgIpc) is 2.54. The number of benzene rings is 1. The van der Waals surface area contributed by atoms with E-state index in [1.165, 1.54) is 17.5 Å². The monoisotopic (exact) mass is 218 g/mol. The number of rotatable bonds is 2. The average molecular weight is 218 g/mol. The minimum absolute atomic E-state index is 0.0848. The van der Waals surface area contributed by atoms with Gasteiger partial charge in [0, 0.05) is 6.92 Å². The number of carbonyl (C=O) groups excluding carboxylic acids is 2. The number of aryl methyl sites for hydroxylation is 1. The molecular weight excluding hydrogens is 204 g/mol. The van der Waals surface area contributed by atoms with Crippen molar-refractivity contribution in [1.29, 1.82) is 0 Å². The van der Waals surface area contributed by atoms with Crippen LogP contribution in [0.2, 0.25) is 0 Å². The van der Waals surface area contributed by atoms with Crippen LogP contribution >= 0.6 is 0 Å². The molecule has 4 nitrogen and oxygen atoms in total. The van der Waals surface area contributed by atoms with Gasteiger partial charge in [0.15, 0.2) is 0 Å². The molecule has 16 heavy (non-hydrogen) atoms. The van der Waals surface area contributed by atoms with E-state index in [9.17, 15) is 9.59 Å².